The van der Waals surface area contributed by atoms with Gasteiger partial charge in [-0.15, -0.1) is 0 Å². The second-order valence-corrected chi connectivity index (χ2v) is 7.33. The van der Waals surface area contributed by atoms with Crippen LogP contribution in [0.5, 0.6) is 0 Å². The molecule has 4 rings (SSSR count). The van der Waals surface area contributed by atoms with Crippen molar-refractivity contribution in [2.24, 2.45) is 0 Å². The van der Waals surface area contributed by atoms with Gasteiger partial charge in [-0.2, -0.15) is 0 Å². The quantitative estimate of drug-likeness (QED) is 0.731. The molecule has 0 aromatic carbocycles. The third kappa shape index (κ3) is 3.54. The molecule has 0 aliphatic heterocycles. The minimum atomic E-state index is -0.951. The molecule has 0 amide bonds. The minimum Gasteiger partial charge on any atom is -0.478 e. The Morgan fingerprint density at radius 1 is 1.15 bits per heavy atom. The van der Waals surface area contributed by atoms with Gasteiger partial charge in [0.15, 0.2) is 5.65 Å². The maximum absolute atomic E-state index is 11.9. The van der Waals surface area contributed by atoms with Crippen LogP contribution in [0.15, 0.2) is 36.7 Å². The van der Waals surface area contributed by atoms with Crippen molar-refractivity contribution in [3.8, 4) is 0 Å². The van der Waals surface area contributed by atoms with Gasteiger partial charge in [0.1, 0.15) is 0 Å². The molecule has 3 aromatic heterocycles. The maximum Gasteiger partial charge on any atom is 0.337 e. The highest BCUT2D eigenvalue weighted by Crippen LogP contribution is 2.32. The number of aromatic carboxylic acids is 1. The summed E-state index contributed by atoms with van der Waals surface area (Å²) in [4.78, 5) is 25.2. The Bertz CT molecular complexity index is 977. The van der Waals surface area contributed by atoms with Gasteiger partial charge in [-0.3, -0.25) is 4.98 Å². The number of hydrogen-bond donors (Lipinski definition) is 1. The van der Waals surface area contributed by atoms with E-state index < -0.39 is 5.97 Å². The van der Waals surface area contributed by atoms with E-state index in [4.69, 9.17) is 4.98 Å². The Morgan fingerprint density at radius 2 is 1.96 bits per heavy atom. The zero-order chi connectivity index (χ0) is 18.8. The van der Waals surface area contributed by atoms with Crippen LogP contribution < -0.4 is 0 Å². The second-order valence-electron chi connectivity index (χ2n) is 7.33. The molecule has 1 aliphatic rings. The summed E-state index contributed by atoms with van der Waals surface area (Å²) in [6.07, 6.45) is 10.4. The summed E-state index contributed by atoms with van der Waals surface area (Å²) >= 11 is 0. The third-order valence-corrected chi connectivity index (χ3v) is 5.51. The predicted octanol–water partition coefficient (Wildman–Crippen LogP) is 4.67. The van der Waals surface area contributed by atoms with Crippen LogP contribution in [0.3, 0.4) is 0 Å². The molecule has 0 radical (unpaired) electrons. The number of rotatable bonds is 4. The fourth-order valence-electron chi connectivity index (χ4n) is 4.14. The lowest BCUT2D eigenvalue weighted by Gasteiger charge is -2.21. The number of carboxylic acids is 1. The lowest BCUT2D eigenvalue weighted by Crippen LogP contribution is -2.10. The van der Waals surface area contributed by atoms with Crippen molar-refractivity contribution >= 4 is 17.0 Å². The number of nitrogens with zero attached hydrogens (tertiary/aromatic N) is 3. The van der Waals surface area contributed by atoms with Crippen molar-refractivity contribution in [2.75, 3.05) is 0 Å². The van der Waals surface area contributed by atoms with E-state index in [1.54, 1.807) is 13.1 Å². The molecule has 138 valence electrons. The average molecular weight is 361 g/mol. The van der Waals surface area contributed by atoms with Crippen molar-refractivity contribution in [1.29, 1.82) is 0 Å². The fraction of sp³-hybridized carbons (Fsp3) is 0.364. The van der Waals surface area contributed by atoms with Crippen LogP contribution in [-0.4, -0.2) is 26.0 Å². The predicted molar refractivity (Wildman–Crippen MR) is 104 cm³/mol. The molecular formula is C22H23N3O2. The van der Waals surface area contributed by atoms with Gasteiger partial charge in [0.25, 0.3) is 0 Å². The third-order valence-electron chi connectivity index (χ3n) is 5.51. The smallest absolute Gasteiger partial charge is 0.337 e. The number of fused-ring (bicyclic) bond motifs is 1. The number of carbonyl (C=O) groups is 1. The average Bonchev–Trinajstić information content (AvgIpc) is 2.69. The van der Waals surface area contributed by atoms with Crippen molar-refractivity contribution in [3.63, 3.8) is 0 Å². The lowest BCUT2D eigenvalue weighted by molar-refractivity contribution is 0.0695. The van der Waals surface area contributed by atoms with Gasteiger partial charge in [-0.1, -0.05) is 25.3 Å². The summed E-state index contributed by atoms with van der Waals surface area (Å²) in [5.74, 6) is -0.386. The SMILES string of the molecule is Cc1nc2ncccc2c(Cc2ccc(C3CCCCC3)nc2)c1C(=O)O. The van der Waals surface area contributed by atoms with Crippen LogP contribution in [0.4, 0.5) is 0 Å². The van der Waals surface area contributed by atoms with Crippen molar-refractivity contribution in [2.45, 2.75) is 51.4 Å². The Labute approximate surface area is 158 Å². The molecule has 0 bridgehead atoms. The van der Waals surface area contributed by atoms with E-state index in [2.05, 4.69) is 22.1 Å². The van der Waals surface area contributed by atoms with E-state index in [9.17, 15) is 9.90 Å². The molecule has 3 heterocycles. The number of carboxylic acid groups (broad SMARTS) is 1. The number of aromatic nitrogens is 3. The summed E-state index contributed by atoms with van der Waals surface area (Å²) in [5.41, 5.74) is 4.27. The maximum atomic E-state index is 11.9. The number of pyridine rings is 3. The molecule has 3 aromatic rings. The highest BCUT2D eigenvalue weighted by atomic mass is 16.4. The molecule has 5 heteroatoms. The van der Waals surface area contributed by atoms with Crippen LogP contribution in [-0.2, 0) is 6.42 Å². The Morgan fingerprint density at radius 3 is 2.67 bits per heavy atom. The molecule has 27 heavy (non-hydrogen) atoms. The van der Waals surface area contributed by atoms with E-state index in [0.29, 0.717) is 23.7 Å². The van der Waals surface area contributed by atoms with Gasteiger partial charge in [0.05, 0.1) is 11.3 Å². The summed E-state index contributed by atoms with van der Waals surface area (Å²) in [7, 11) is 0. The summed E-state index contributed by atoms with van der Waals surface area (Å²) in [5, 5.41) is 10.5. The molecule has 1 saturated carbocycles. The molecule has 0 spiro atoms. The zero-order valence-corrected chi connectivity index (χ0v) is 15.5. The first-order valence-electron chi connectivity index (χ1n) is 9.56. The molecule has 5 nitrogen and oxygen atoms in total. The minimum absolute atomic E-state index is 0.270. The lowest BCUT2D eigenvalue weighted by atomic mass is 9.86. The molecule has 1 aliphatic carbocycles. The normalized spacial score (nSPS) is 15.1. The van der Waals surface area contributed by atoms with E-state index in [1.807, 2.05) is 18.3 Å². The van der Waals surface area contributed by atoms with Crippen LogP contribution in [0.2, 0.25) is 0 Å². The first kappa shape index (κ1) is 17.6. The van der Waals surface area contributed by atoms with E-state index in [-0.39, 0.29) is 5.56 Å². The van der Waals surface area contributed by atoms with E-state index in [1.165, 1.54) is 32.1 Å². The highest BCUT2D eigenvalue weighted by molar-refractivity contribution is 5.96. The first-order valence-corrected chi connectivity index (χ1v) is 9.56. The molecule has 0 atom stereocenters. The Kier molecular flexibility index (Phi) is 4.84. The van der Waals surface area contributed by atoms with E-state index >= 15 is 0 Å². The van der Waals surface area contributed by atoms with Gasteiger partial charge in [0.2, 0.25) is 0 Å². The van der Waals surface area contributed by atoms with Gasteiger partial charge in [0, 0.05) is 35.8 Å². The first-order chi connectivity index (χ1) is 13.1. The summed E-state index contributed by atoms with van der Waals surface area (Å²) in [6.45, 7) is 1.73. The van der Waals surface area contributed by atoms with Crippen LogP contribution >= 0.6 is 0 Å². The van der Waals surface area contributed by atoms with Crippen LogP contribution in [0.25, 0.3) is 11.0 Å². The van der Waals surface area contributed by atoms with Crippen LogP contribution in [0, 0.1) is 6.92 Å². The Balaban J connectivity index is 1.70. The summed E-state index contributed by atoms with van der Waals surface area (Å²) < 4.78 is 0. The standard InChI is InChI=1S/C22H23N3O2/c1-14-20(22(26)27)18(17-8-5-11-23-21(17)25-14)12-15-9-10-19(24-13-15)16-6-3-2-4-7-16/h5,8-11,13,16H,2-4,6-7,12H2,1H3,(H,26,27). The second kappa shape index (κ2) is 7.43. The molecular weight excluding hydrogens is 338 g/mol. The van der Waals surface area contributed by atoms with Gasteiger partial charge >= 0.3 is 5.97 Å². The van der Waals surface area contributed by atoms with Crippen molar-refractivity contribution < 1.29 is 9.90 Å². The largest absolute Gasteiger partial charge is 0.478 e. The summed E-state index contributed by atoms with van der Waals surface area (Å²) in [6, 6.07) is 7.90. The van der Waals surface area contributed by atoms with Gasteiger partial charge in [-0.05, 0) is 49.1 Å². The molecule has 1 N–H and O–H groups in total. The van der Waals surface area contributed by atoms with Crippen molar-refractivity contribution in [1.82, 2.24) is 15.0 Å². The van der Waals surface area contributed by atoms with Gasteiger partial charge in [-0.25, -0.2) is 14.8 Å². The van der Waals surface area contributed by atoms with Gasteiger partial charge < -0.3 is 5.11 Å². The number of aryl methyl sites for hydroxylation is 1. The fourth-order valence-corrected chi connectivity index (χ4v) is 4.14. The topological polar surface area (TPSA) is 76.0 Å². The molecule has 0 saturated heterocycles. The molecule has 0 unspecified atom stereocenters. The van der Waals surface area contributed by atoms with E-state index in [0.717, 1.165) is 22.2 Å². The number of hydrogen-bond acceptors (Lipinski definition) is 4. The monoisotopic (exact) mass is 361 g/mol. The zero-order valence-electron chi connectivity index (χ0n) is 15.5. The highest BCUT2D eigenvalue weighted by Gasteiger charge is 2.20. The Hall–Kier alpha value is -2.82. The molecule has 1 fully saturated rings. The van der Waals surface area contributed by atoms with Crippen molar-refractivity contribution in [3.05, 3.63) is 64.7 Å². The van der Waals surface area contributed by atoms with Crippen LogP contribution in [0.1, 0.15) is 70.9 Å².